The fourth-order valence-corrected chi connectivity index (χ4v) is 3.27. The van der Waals surface area contributed by atoms with Gasteiger partial charge in [0, 0.05) is 38.3 Å². The van der Waals surface area contributed by atoms with Gasteiger partial charge in [0.25, 0.3) is 5.91 Å². The summed E-state index contributed by atoms with van der Waals surface area (Å²) < 4.78 is 5.34. The molecule has 1 saturated heterocycles. The number of para-hydroxylation sites is 1. The molecule has 0 saturated carbocycles. The van der Waals surface area contributed by atoms with Crippen LogP contribution >= 0.6 is 0 Å². The van der Waals surface area contributed by atoms with E-state index in [0.29, 0.717) is 24.5 Å². The summed E-state index contributed by atoms with van der Waals surface area (Å²) in [5.74, 6) is 0.247. The molecule has 3 rings (SSSR count). The predicted octanol–water partition coefficient (Wildman–Crippen LogP) is 2.06. The molecule has 1 aliphatic rings. The summed E-state index contributed by atoms with van der Waals surface area (Å²) in [4.78, 5) is 16.7. The van der Waals surface area contributed by atoms with Gasteiger partial charge < -0.3 is 9.84 Å². The molecule has 1 aliphatic heterocycles. The minimum Gasteiger partial charge on any atom is -0.504 e. The van der Waals surface area contributed by atoms with Crippen LogP contribution in [-0.2, 0) is 11.3 Å². The predicted molar refractivity (Wildman–Crippen MR) is 113 cm³/mol. The van der Waals surface area contributed by atoms with Gasteiger partial charge in [-0.3, -0.25) is 14.6 Å². The molecular weight excluding hydrogens is 368 g/mol. The molecule has 2 aromatic rings. The number of nitrogens with zero attached hydrogens (tertiary/aromatic N) is 3. The third-order valence-corrected chi connectivity index (χ3v) is 4.80. The molecule has 0 bridgehead atoms. The van der Waals surface area contributed by atoms with Gasteiger partial charge in [-0.15, -0.1) is 0 Å². The molecule has 0 unspecified atom stereocenters. The highest BCUT2D eigenvalue weighted by Crippen LogP contribution is 2.28. The Hall–Kier alpha value is -2.90. The number of nitrogens with one attached hydrogen (secondary N) is 1. The summed E-state index contributed by atoms with van der Waals surface area (Å²) in [5, 5.41) is 14.1. The third-order valence-electron chi connectivity index (χ3n) is 4.80. The molecule has 2 aromatic carbocycles. The van der Waals surface area contributed by atoms with Gasteiger partial charge in [0.15, 0.2) is 11.5 Å². The standard InChI is InChI=1S/C22H28N4O3/c1-2-29-20-10-6-9-19(22(20)28)15-23-24-21(27)17-26-13-11-25(12-14-26)16-18-7-4-3-5-8-18/h3-10,15,28H,2,11-14,16-17H2,1H3,(H,24,27)/b23-15+. The number of rotatable bonds is 8. The molecule has 1 fully saturated rings. The summed E-state index contributed by atoms with van der Waals surface area (Å²) in [5.41, 5.74) is 4.33. The molecule has 0 aliphatic carbocycles. The summed E-state index contributed by atoms with van der Waals surface area (Å²) in [6, 6.07) is 15.6. The Kier molecular flexibility index (Phi) is 7.61. The number of ether oxygens (including phenoxy) is 1. The molecule has 0 atom stereocenters. The van der Waals surface area contributed by atoms with Crippen LogP contribution in [0.25, 0.3) is 0 Å². The number of phenols is 1. The van der Waals surface area contributed by atoms with Crippen LogP contribution in [0.1, 0.15) is 18.1 Å². The average Bonchev–Trinajstić information content (AvgIpc) is 2.73. The SMILES string of the molecule is CCOc1cccc(/C=N/NC(=O)CN2CCN(Cc3ccccc3)CC2)c1O. The maximum absolute atomic E-state index is 12.2. The lowest BCUT2D eigenvalue weighted by atomic mass is 10.2. The van der Waals surface area contributed by atoms with Crippen LogP contribution in [0.3, 0.4) is 0 Å². The van der Waals surface area contributed by atoms with Crippen molar-refractivity contribution in [1.29, 1.82) is 0 Å². The zero-order valence-electron chi connectivity index (χ0n) is 16.8. The second kappa shape index (κ2) is 10.6. The van der Waals surface area contributed by atoms with Crippen molar-refractivity contribution in [3.05, 3.63) is 59.7 Å². The molecule has 1 amide bonds. The molecule has 0 spiro atoms. The van der Waals surface area contributed by atoms with Crippen LogP contribution in [0.2, 0.25) is 0 Å². The zero-order chi connectivity index (χ0) is 20.5. The van der Waals surface area contributed by atoms with Gasteiger partial charge in [-0.2, -0.15) is 5.10 Å². The van der Waals surface area contributed by atoms with Gasteiger partial charge in [-0.05, 0) is 24.6 Å². The minimum atomic E-state index is -0.168. The van der Waals surface area contributed by atoms with E-state index >= 15 is 0 Å². The normalized spacial score (nSPS) is 15.5. The Morgan fingerprint density at radius 2 is 1.83 bits per heavy atom. The van der Waals surface area contributed by atoms with Crippen molar-refractivity contribution >= 4 is 12.1 Å². The minimum absolute atomic E-state index is 0.0156. The topological polar surface area (TPSA) is 77.4 Å². The Labute approximate surface area is 171 Å². The molecule has 0 radical (unpaired) electrons. The summed E-state index contributed by atoms with van der Waals surface area (Å²) in [6.07, 6.45) is 1.42. The lowest BCUT2D eigenvalue weighted by molar-refractivity contribution is -0.122. The number of hydrazone groups is 1. The van der Waals surface area contributed by atoms with Crippen LogP contribution in [0.4, 0.5) is 0 Å². The first kappa shape index (κ1) is 20.8. The summed E-state index contributed by atoms with van der Waals surface area (Å²) in [6.45, 7) is 7.12. The van der Waals surface area contributed by atoms with E-state index in [1.165, 1.54) is 11.8 Å². The highest BCUT2D eigenvalue weighted by molar-refractivity contribution is 5.86. The van der Waals surface area contributed by atoms with Gasteiger partial charge in [0.1, 0.15) is 0 Å². The van der Waals surface area contributed by atoms with E-state index < -0.39 is 0 Å². The summed E-state index contributed by atoms with van der Waals surface area (Å²) >= 11 is 0. The van der Waals surface area contributed by atoms with Crippen molar-refractivity contribution in [2.75, 3.05) is 39.3 Å². The van der Waals surface area contributed by atoms with Crippen LogP contribution in [0.15, 0.2) is 53.6 Å². The van der Waals surface area contributed by atoms with Gasteiger partial charge >= 0.3 is 0 Å². The van der Waals surface area contributed by atoms with E-state index in [4.69, 9.17) is 4.74 Å². The molecule has 7 nitrogen and oxygen atoms in total. The second-order valence-electron chi connectivity index (χ2n) is 6.96. The van der Waals surface area contributed by atoms with Crippen molar-refractivity contribution in [3.63, 3.8) is 0 Å². The largest absolute Gasteiger partial charge is 0.504 e. The van der Waals surface area contributed by atoms with Crippen molar-refractivity contribution < 1.29 is 14.6 Å². The lowest BCUT2D eigenvalue weighted by Gasteiger charge is -2.34. The van der Waals surface area contributed by atoms with Gasteiger partial charge in [-0.25, -0.2) is 5.43 Å². The molecule has 2 N–H and O–H groups in total. The highest BCUT2D eigenvalue weighted by Gasteiger charge is 2.18. The number of aromatic hydroxyl groups is 1. The van der Waals surface area contributed by atoms with Crippen LogP contribution in [-0.4, -0.2) is 66.4 Å². The fourth-order valence-electron chi connectivity index (χ4n) is 3.27. The zero-order valence-corrected chi connectivity index (χ0v) is 16.8. The van der Waals surface area contributed by atoms with Crippen LogP contribution in [0.5, 0.6) is 11.5 Å². The van der Waals surface area contributed by atoms with E-state index in [9.17, 15) is 9.90 Å². The van der Waals surface area contributed by atoms with Crippen molar-refractivity contribution in [2.45, 2.75) is 13.5 Å². The summed E-state index contributed by atoms with van der Waals surface area (Å²) in [7, 11) is 0. The van der Waals surface area contributed by atoms with E-state index in [2.05, 4.69) is 44.6 Å². The lowest BCUT2D eigenvalue weighted by Crippen LogP contribution is -2.48. The number of carbonyl (C=O) groups is 1. The number of phenolic OH excluding ortho intramolecular Hbond substituents is 1. The van der Waals surface area contributed by atoms with E-state index in [-0.39, 0.29) is 11.7 Å². The molecule has 1 heterocycles. The number of hydrogen-bond donors (Lipinski definition) is 2. The molecule has 154 valence electrons. The Balaban J connectivity index is 1.41. The highest BCUT2D eigenvalue weighted by atomic mass is 16.5. The Morgan fingerprint density at radius 1 is 1.10 bits per heavy atom. The smallest absolute Gasteiger partial charge is 0.254 e. The first-order chi connectivity index (χ1) is 14.2. The van der Waals surface area contributed by atoms with E-state index in [0.717, 1.165) is 32.7 Å². The number of hydrogen-bond acceptors (Lipinski definition) is 6. The average molecular weight is 396 g/mol. The first-order valence-electron chi connectivity index (χ1n) is 9.91. The van der Waals surface area contributed by atoms with Crippen molar-refractivity contribution in [1.82, 2.24) is 15.2 Å². The van der Waals surface area contributed by atoms with E-state index in [1.54, 1.807) is 18.2 Å². The quantitative estimate of drug-likeness (QED) is 0.528. The van der Waals surface area contributed by atoms with E-state index in [1.807, 2.05) is 13.0 Å². The van der Waals surface area contributed by atoms with Gasteiger partial charge in [-0.1, -0.05) is 36.4 Å². The van der Waals surface area contributed by atoms with Crippen molar-refractivity contribution in [2.24, 2.45) is 5.10 Å². The molecule has 7 heteroatoms. The maximum Gasteiger partial charge on any atom is 0.254 e. The maximum atomic E-state index is 12.2. The fraction of sp³-hybridized carbons (Fsp3) is 0.364. The number of piperazine rings is 1. The van der Waals surface area contributed by atoms with Gasteiger partial charge in [0.2, 0.25) is 0 Å². The Bertz CT molecular complexity index is 818. The molecule has 29 heavy (non-hydrogen) atoms. The Morgan fingerprint density at radius 3 is 2.55 bits per heavy atom. The van der Waals surface area contributed by atoms with Gasteiger partial charge in [0.05, 0.1) is 19.4 Å². The third kappa shape index (κ3) is 6.30. The molecular formula is C22H28N4O3. The van der Waals surface area contributed by atoms with Crippen molar-refractivity contribution in [3.8, 4) is 11.5 Å². The number of benzene rings is 2. The first-order valence-corrected chi connectivity index (χ1v) is 9.91. The van der Waals surface area contributed by atoms with Crippen LogP contribution < -0.4 is 10.2 Å². The molecule has 0 aromatic heterocycles. The monoisotopic (exact) mass is 396 g/mol. The second-order valence-corrected chi connectivity index (χ2v) is 6.96. The number of carbonyl (C=O) groups excluding carboxylic acids is 1. The number of amides is 1. The van der Waals surface area contributed by atoms with Crippen LogP contribution in [0, 0.1) is 0 Å².